The topological polar surface area (TPSA) is 55.8 Å². The smallest absolute Gasteiger partial charge is 0.331 e. The van der Waals surface area contributed by atoms with Crippen molar-refractivity contribution in [2.45, 2.75) is 44.7 Å². The number of carboxylic acid groups (broad SMARTS) is 1. The molecule has 1 fully saturated rings. The van der Waals surface area contributed by atoms with Crippen LogP contribution in [0.1, 0.15) is 26.7 Å². The van der Waals surface area contributed by atoms with Gasteiger partial charge in [0.05, 0.1) is 12.2 Å². The molecule has 0 unspecified atom stereocenters. The summed E-state index contributed by atoms with van der Waals surface area (Å²) in [6, 6.07) is 0. The number of rotatable bonds is 1. The zero-order valence-electron chi connectivity index (χ0n) is 8.32. The largest absolute Gasteiger partial charge is 0.478 e. The molecule has 1 N–H and O–H groups in total. The van der Waals surface area contributed by atoms with Gasteiger partial charge in [0.1, 0.15) is 0 Å². The van der Waals surface area contributed by atoms with Gasteiger partial charge in [-0.1, -0.05) is 6.08 Å². The number of carbonyl (C=O) groups is 1. The SMILES string of the molecule is CC1(C)O[C@H]2CC=C(C(=O)O)C[C@H]2O1. The maximum absolute atomic E-state index is 10.7. The Morgan fingerprint density at radius 3 is 2.79 bits per heavy atom. The van der Waals surface area contributed by atoms with E-state index in [4.69, 9.17) is 14.6 Å². The molecule has 2 rings (SSSR count). The van der Waals surface area contributed by atoms with E-state index in [2.05, 4.69) is 0 Å². The van der Waals surface area contributed by atoms with Crippen molar-refractivity contribution in [3.63, 3.8) is 0 Å². The third kappa shape index (κ3) is 1.67. The van der Waals surface area contributed by atoms with E-state index in [-0.39, 0.29) is 12.2 Å². The normalized spacial score (nSPS) is 34.9. The van der Waals surface area contributed by atoms with Crippen molar-refractivity contribution in [2.75, 3.05) is 0 Å². The molecule has 4 heteroatoms. The number of ether oxygens (including phenoxy) is 2. The van der Waals surface area contributed by atoms with Crippen molar-refractivity contribution in [2.24, 2.45) is 0 Å². The van der Waals surface area contributed by atoms with E-state index in [1.54, 1.807) is 6.08 Å². The monoisotopic (exact) mass is 198 g/mol. The molecule has 2 aliphatic rings. The highest BCUT2D eigenvalue weighted by atomic mass is 16.7. The predicted octanol–water partition coefficient (Wildman–Crippen LogP) is 1.31. The maximum Gasteiger partial charge on any atom is 0.331 e. The molecule has 2 atom stereocenters. The van der Waals surface area contributed by atoms with Crippen LogP contribution in [0.3, 0.4) is 0 Å². The zero-order chi connectivity index (χ0) is 10.3. The molecule has 4 nitrogen and oxygen atoms in total. The summed E-state index contributed by atoms with van der Waals surface area (Å²) in [6.45, 7) is 3.71. The second-order valence-electron chi connectivity index (χ2n) is 4.19. The fraction of sp³-hybridized carbons (Fsp3) is 0.700. The number of carboxylic acids is 1. The summed E-state index contributed by atoms with van der Waals surface area (Å²) in [5.74, 6) is -1.42. The van der Waals surface area contributed by atoms with Gasteiger partial charge in [-0.15, -0.1) is 0 Å². The van der Waals surface area contributed by atoms with Crippen molar-refractivity contribution in [1.29, 1.82) is 0 Å². The lowest BCUT2D eigenvalue weighted by molar-refractivity contribution is -0.146. The van der Waals surface area contributed by atoms with Gasteiger partial charge >= 0.3 is 5.97 Å². The first-order valence-electron chi connectivity index (χ1n) is 4.76. The minimum atomic E-state index is -0.850. The Morgan fingerprint density at radius 1 is 1.50 bits per heavy atom. The van der Waals surface area contributed by atoms with E-state index in [9.17, 15) is 4.79 Å². The maximum atomic E-state index is 10.7. The summed E-state index contributed by atoms with van der Waals surface area (Å²) >= 11 is 0. The first-order chi connectivity index (χ1) is 6.48. The lowest BCUT2D eigenvalue weighted by Gasteiger charge is -2.20. The number of fused-ring (bicyclic) bond motifs is 1. The first-order valence-corrected chi connectivity index (χ1v) is 4.76. The molecule has 0 bridgehead atoms. The van der Waals surface area contributed by atoms with E-state index in [1.807, 2.05) is 13.8 Å². The molecule has 0 amide bonds. The summed E-state index contributed by atoms with van der Waals surface area (Å²) in [7, 11) is 0. The van der Waals surface area contributed by atoms with E-state index in [1.165, 1.54) is 0 Å². The molecule has 0 saturated carbocycles. The van der Waals surface area contributed by atoms with Crippen LogP contribution in [0.4, 0.5) is 0 Å². The van der Waals surface area contributed by atoms with Crippen LogP contribution in [0.25, 0.3) is 0 Å². The summed E-state index contributed by atoms with van der Waals surface area (Å²) in [5, 5.41) is 8.82. The molecular formula is C10H14O4. The predicted molar refractivity (Wildman–Crippen MR) is 48.8 cm³/mol. The van der Waals surface area contributed by atoms with Crippen LogP contribution in [-0.2, 0) is 14.3 Å². The Hall–Kier alpha value is -0.870. The van der Waals surface area contributed by atoms with Gasteiger partial charge in [-0.3, -0.25) is 0 Å². The van der Waals surface area contributed by atoms with E-state index in [0.29, 0.717) is 18.4 Å². The van der Waals surface area contributed by atoms with Crippen LogP contribution in [0.2, 0.25) is 0 Å². The van der Waals surface area contributed by atoms with Gasteiger partial charge in [-0.05, 0) is 20.3 Å². The lowest BCUT2D eigenvalue weighted by Crippen LogP contribution is -2.27. The van der Waals surface area contributed by atoms with Gasteiger partial charge in [-0.2, -0.15) is 0 Å². The van der Waals surface area contributed by atoms with Crippen LogP contribution in [-0.4, -0.2) is 29.1 Å². The molecule has 1 heterocycles. The highest BCUT2D eigenvalue weighted by Crippen LogP contribution is 2.36. The molecule has 0 radical (unpaired) electrons. The fourth-order valence-corrected chi connectivity index (χ4v) is 2.01. The Balaban J connectivity index is 2.10. The van der Waals surface area contributed by atoms with Crippen molar-refractivity contribution < 1.29 is 19.4 Å². The fourth-order valence-electron chi connectivity index (χ4n) is 2.01. The molecule has 1 aliphatic heterocycles. The summed E-state index contributed by atoms with van der Waals surface area (Å²) < 4.78 is 11.2. The average molecular weight is 198 g/mol. The lowest BCUT2D eigenvalue weighted by atomic mass is 9.95. The molecule has 0 spiro atoms. The van der Waals surface area contributed by atoms with Gasteiger partial charge in [-0.25, -0.2) is 4.79 Å². The van der Waals surface area contributed by atoms with E-state index in [0.717, 1.165) is 0 Å². The third-order valence-corrected chi connectivity index (χ3v) is 2.58. The van der Waals surface area contributed by atoms with Crippen molar-refractivity contribution in [1.82, 2.24) is 0 Å². The molecule has 1 saturated heterocycles. The van der Waals surface area contributed by atoms with Crippen molar-refractivity contribution >= 4 is 5.97 Å². The Morgan fingerprint density at radius 2 is 2.14 bits per heavy atom. The number of aliphatic carboxylic acids is 1. The molecule has 0 aromatic carbocycles. The molecule has 14 heavy (non-hydrogen) atoms. The Kier molecular flexibility index (Phi) is 2.12. The van der Waals surface area contributed by atoms with Crippen LogP contribution >= 0.6 is 0 Å². The minimum Gasteiger partial charge on any atom is -0.478 e. The van der Waals surface area contributed by atoms with Gasteiger partial charge < -0.3 is 14.6 Å². The number of hydrogen-bond donors (Lipinski definition) is 1. The van der Waals surface area contributed by atoms with Crippen LogP contribution in [0, 0.1) is 0 Å². The second kappa shape index (κ2) is 3.07. The summed E-state index contributed by atoms with van der Waals surface area (Å²) in [6.07, 6.45) is 2.74. The molecular weight excluding hydrogens is 184 g/mol. The highest BCUT2D eigenvalue weighted by Gasteiger charge is 2.43. The Labute approximate surface area is 82.5 Å². The number of hydrogen-bond acceptors (Lipinski definition) is 3. The minimum absolute atomic E-state index is 0.0214. The molecule has 0 aromatic heterocycles. The average Bonchev–Trinajstić information content (AvgIpc) is 2.36. The van der Waals surface area contributed by atoms with Gasteiger partial charge in [0.15, 0.2) is 5.79 Å². The second-order valence-corrected chi connectivity index (χ2v) is 4.19. The molecule has 0 aromatic rings. The van der Waals surface area contributed by atoms with Gasteiger partial charge in [0.25, 0.3) is 0 Å². The molecule has 78 valence electrons. The quantitative estimate of drug-likeness (QED) is 0.690. The third-order valence-electron chi connectivity index (χ3n) is 2.58. The first kappa shape index (κ1) is 9.68. The molecule has 1 aliphatic carbocycles. The Bertz CT molecular complexity index is 292. The zero-order valence-corrected chi connectivity index (χ0v) is 8.32. The van der Waals surface area contributed by atoms with Gasteiger partial charge in [0, 0.05) is 12.0 Å². The summed E-state index contributed by atoms with van der Waals surface area (Å²) in [4.78, 5) is 10.7. The summed E-state index contributed by atoms with van der Waals surface area (Å²) in [5.41, 5.74) is 0.438. The van der Waals surface area contributed by atoms with Crippen molar-refractivity contribution in [3.8, 4) is 0 Å². The van der Waals surface area contributed by atoms with Crippen molar-refractivity contribution in [3.05, 3.63) is 11.6 Å². The standard InChI is InChI=1S/C10H14O4/c1-10(2)13-7-4-3-6(9(11)12)5-8(7)14-10/h3,7-8H,4-5H2,1-2H3,(H,11,12)/t7-,8+/m0/s1. The van der Waals surface area contributed by atoms with Crippen LogP contribution in [0.5, 0.6) is 0 Å². The van der Waals surface area contributed by atoms with Crippen LogP contribution in [0.15, 0.2) is 11.6 Å². The highest BCUT2D eigenvalue weighted by molar-refractivity contribution is 5.86. The van der Waals surface area contributed by atoms with E-state index >= 15 is 0 Å². The van der Waals surface area contributed by atoms with Gasteiger partial charge in [0.2, 0.25) is 0 Å². The van der Waals surface area contributed by atoms with Crippen LogP contribution < -0.4 is 0 Å². The van der Waals surface area contributed by atoms with E-state index < -0.39 is 11.8 Å².